The molecule has 2 amide bonds. The highest BCUT2D eigenvalue weighted by Crippen LogP contribution is 2.28. The fourth-order valence-electron chi connectivity index (χ4n) is 2.76. The third-order valence-electron chi connectivity index (χ3n) is 4.00. The number of nitrogens with one attached hydrogen (secondary N) is 1. The van der Waals surface area contributed by atoms with Crippen LogP contribution in [-0.4, -0.2) is 52.1 Å². The largest absolute Gasteiger partial charge is 0.352 e. The first-order chi connectivity index (χ1) is 11.8. The number of carbonyl (C=O) groups is 1. The van der Waals surface area contributed by atoms with Crippen molar-refractivity contribution in [2.45, 2.75) is 0 Å². The molecular weight excluding hydrogens is 324 g/mol. The maximum absolute atomic E-state index is 12.3. The predicted molar refractivity (Wildman–Crippen MR) is 94.5 cm³/mol. The Balaban J connectivity index is 1.41. The lowest BCUT2D eigenvalue weighted by molar-refractivity contribution is 0.208. The minimum absolute atomic E-state index is 0.0911. The van der Waals surface area contributed by atoms with E-state index in [1.807, 2.05) is 22.4 Å². The molecule has 0 unspecified atom stereocenters. The third kappa shape index (κ3) is 2.88. The number of anilines is 2. The Labute approximate surface area is 143 Å². The van der Waals surface area contributed by atoms with Crippen LogP contribution in [-0.2, 0) is 0 Å². The summed E-state index contributed by atoms with van der Waals surface area (Å²) in [5.74, 6) is 0.960. The second-order valence-corrected chi connectivity index (χ2v) is 6.39. The van der Waals surface area contributed by atoms with E-state index < -0.39 is 0 Å². The highest BCUT2D eigenvalue weighted by molar-refractivity contribution is 7.17. The summed E-state index contributed by atoms with van der Waals surface area (Å²) in [7, 11) is 0. The van der Waals surface area contributed by atoms with Gasteiger partial charge in [-0.2, -0.15) is 0 Å². The van der Waals surface area contributed by atoms with Crippen molar-refractivity contribution in [3.05, 3.63) is 42.3 Å². The zero-order valence-corrected chi connectivity index (χ0v) is 13.7. The summed E-state index contributed by atoms with van der Waals surface area (Å²) in [6.45, 7) is 2.82. The van der Waals surface area contributed by atoms with Gasteiger partial charge in [-0.25, -0.2) is 14.8 Å². The molecule has 7 nitrogen and oxygen atoms in total. The van der Waals surface area contributed by atoms with E-state index in [2.05, 4.69) is 25.2 Å². The number of hydrogen-bond donors (Lipinski definition) is 1. The zero-order chi connectivity index (χ0) is 16.4. The number of urea groups is 1. The zero-order valence-electron chi connectivity index (χ0n) is 12.9. The molecule has 122 valence electrons. The molecule has 1 N–H and O–H groups in total. The molecule has 0 atom stereocenters. The van der Waals surface area contributed by atoms with E-state index in [1.165, 1.54) is 0 Å². The van der Waals surface area contributed by atoms with Gasteiger partial charge >= 0.3 is 6.03 Å². The van der Waals surface area contributed by atoms with Gasteiger partial charge in [0.25, 0.3) is 0 Å². The van der Waals surface area contributed by atoms with Crippen LogP contribution in [0.15, 0.2) is 42.3 Å². The Morgan fingerprint density at radius 1 is 1.17 bits per heavy atom. The number of carbonyl (C=O) groups excluding carboxylic acids is 1. The number of amides is 2. The Bertz CT molecular complexity index is 844. The molecule has 3 aromatic rings. The number of hydrogen-bond acceptors (Lipinski definition) is 6. The van der Waals surface area contributed by atoms with Gasteiger partial charge in [0, 0.05) is 32.4 Å². The monoisotopic (exact) mass is 340 g/mol. The molecule has 1 fully saturated rings. The van der Waals surface area contributed by atoms with Crippen LogP contribution in [0.5, 0.6) is 0 Å². The lowest BCUT2D eigenvalue weighted by Crippen LogP contribution is -2.50. The van der Waals surface area contributed by atoms with Gasteiger partial charge in [-0.3, -0.25) is 4.98 Å². The summed E-state index contributed by atoms with van der Waals surface area (Å²) in [6.07, 6.45) is 4.93. The van der Waals surface area contributed by atoms with Gasteiger partial charge in [-0.15, -0.1) is 11.3 Å². The molecule has 4 heterocycles. The van der Waals surface area contributed by atoms with Gasteiger partial charge in [-0.1, -0.05) is 0 Å². The van der Waals surface area contributed by atoms with Crippen LogP contribution in [0.4, 0.5) is 16.3 Å². The molecule has 1 saturated heterocycles. The summed E-state index contributed by atoms with van der Waals surface area (Å²) in [4.78, 5) is 29.1. The Morgan fingerprint density at radius 3 is 2.83 bits per heavy atom. The van der Waals surface area contributed by atoms with Gasteiger partial charge in [0.2, 0.25) is 0 Å². The van der Waals surface area contributed by atoms with Crippen molar-refractivity contribution in [3.63, 3.8) is 0 Å². The quantitative estimate of drug-likeness (QED) is 0.775. The number of pyridine rings is 1. The van der Waals surface area contributed by atoms with Crippen molar-refractivity contribution in [2.75, 3.05) is 36.4 Å². The van der Waals surface area contributed by atoms with E-state index in [1.54, 1.807) is 36.1 Å². The SMILES string of the molecule is O=C(Nc1cccnc1)N1CCN(c2ncnc3ccsc23)CC1. The Kier molecular flexibility index (Phi) is 3.96. The van der Waals surface area contributed by atoms with Crippen LogP contribution in [0.25, 0.3) is 10.2 Å². The lowest BCUT2D eigenvalue weighted by atomic mass is 10.3. The van der Waals surface area contributed by atoms with Crippen LogP contribution in [0.1, 0.15) is 0 Å². The number of thiophene rings is 1. The van der Waals surface area contributed by atoms with Crippen LogP contribution in [0.2, 0.25) is 0 Å². The van der Waals surface area contributed by atoms with Crippen molar-refractivity contribution < 1.29 is 4.79 Å². The normalized spacial score (nSPS) is 14.8. The van der Waals surface area contributed by atoms with Crippen LogP contribution >= 0.6 is 11.3 Å². The van der Waals surface area contributed by atoms with Crippen molar-refractivity contribution >= 4 is 39.1 Å². The van der Waals surface area contributed by atoms with E-state index >= 15 is 0 Å². The topological polar surface area (TPSA) is 74.2 Å². The predicted octanol–water partition coefficient (Wildman–Crippen LogP) is 2.44. The molecule has 24 heavy (non-hydrogen) atoms. The second-order valence-electron chi connectivity index (χ2n) is 5.48. The van der Waals surface area contributed by atoms with E-state index in [0.717, 1.165) is 29.1 Å². The molecule has 0 aromatic carbocycles. The van der Waals surface area contributed by atoms with Crippen molar-refractivity contribution in [3.8, 4) is 0 Å². The van der Waals surface area contributed by atoms with Gasteiger partial charge in [0.1, 0.15) is 12.1 Å². The van der Waals surface area contributed by atoms with Gasteiger partial charge < -0.3 is 15.1 Å². The first-order valence-electron chi connectivity index (χ1n) is 7.70. The molecule has 0 saturated carbocycles. The fraction of sp³-hybridized carbons (Fsp3) is 0.250. The maximum atomic E-state index is 12.3. The first-order valence-corrected chi connectivity index (χ1v) is 8.58. The standard InChI is InChI=1S/C16H16N6OS/c23-16(20-12-2-1-4-17-10-12)22-7-5-21(6-8-22)15-14-13(3-9-24-14)18-11-19-15/h1-4,9-11H,5-8H2,(H,20,23). The summed E-state index contributed by atoms with van der Waals surface area (Å²) < 4.78 is 1.10. The molecule has 1 aliphatic rings. The number of aromatic nitrogens is 3. The average Bonchev–Trinajstić information content (AvgIpc) is 3.11. The number of nitrogens with zero attached hydrogens (tertiary/aromatic N) is 5. The number of piperazine rings is 1. The van der Waals surface area contributed by atoms with E-state index in [0.29, 0.717) is 18.8 Å². The Morgan fingerprint density at radius 2 is 2.04 bits per heavy atom. The average molecular weight is 340 g/mol. The molecule has 0 aliphatic carbocycles. The molecule has 3 aromatic heterocycles. The molecule has 0 bridgehead atoms. The lowest BCUT2D eigenvalue weighted by Gasteiger charge is -2.35. The van der Waals surface area contributed by atoms with Crippen molar-refractivity contribution in [1.29, 1.82) is 0 Å². The van der Waals surface area contributed by atoms with E-state index in [4.69, 9.17) is 0 Å². The minimum atomic E-state index is -0.0911. The fourth-order valence-corrected chi connectivity index (χ4v) is 3.62. The molecule has 0 spiro atoms. The maximum Gasteiger partial charge on any atom is 0.322 e. The van der Waals surface area contributed by atoms with E-state index in [-0.39, 0.29) is 6.03 Å². The van der Waals surface area contributed by atoms with Crippen molar-refractivity contribution in [2.24, 2.45) is 0 Å². The summed E-state index contributed by atoms with van der Waals surface area (Å²) >= 11 is 1.65. The van der Waals surface area contributed by atoms with Crippen LogP contribution in [0.3, 0.4) is 0 Å². The van der Waals surface area contributed by atoms with Crippen molar-refractivity contribution in [1.82, 2.24) is 19.9 Å². The number of rotatable bonds is 2. The minimum Gasteiger partial charge on any atom is -0.352 e. The smallest absolute Gasteiger partial charge is 0.322 e. The number of fused-ring (bicyclic) bond motifs is 1. The van der Waals surface area contributed by atoms with Gasteiger partial charge in [0.05, 0.1) is 22.1 Å². The highest BCUT2D eigenvalue weighted by Gasteiger charge is 2.23. The molecular formula is C16H16N6OS. The van der Waals surface area contributed by atoms with Gasteiger partial charge in [0.15, 0.2) is 0 Å². The molecule has 0 radical (unpaired) electrons. The van der Waals surface area contributed by atoms with E-state index in [9.17, 15) is 4.79 Å². The molecule has 4 rings (SSSR count). The molecule has 8 heteroatoms. The summed E-state index contributed by atoms with van der Waals surface area (Å²) in [5, 5.41) is 4.90. The van der Waals surface area contributed by atoms with Crippen LogP contribution < -0.4 is 10.2 Å². The Hall–Kier alpha value is -2.74. The first kappa shape index (κ1) is 14.8. The summed E-state index contributed by atoms with van der Waals surface area (Å²) in [6, 6.07) is 5.54. The summed E-state index contributed by atoms with van der Waals surface area (Å²) in [5.41, 5.74) is 1.68. The highest BCUT2D eigenvalue weighted by atomic mass is 32.1. The third-order valence-corrected chi connectivity index (χ3v) is 4.90. The van der Waals surface area contributed by atoms with Crippen LogP contribution in [0, 0.1) is 0 Å². The second kappa shape index (κ2) is 6.40. The molecule has 1 aliphatic heterocycles. The van der Waals surface area contributed by atoms with Gasteiger partial charge in [-0.05, 0) is 23.6 Å².